The van der Waals surface area contributed by atoms with Crippen molar-refractivity contribution >= 4 is 11.9 Å². The number of nitrogens with one attached hydrogen (secondary N) is 1. The summed E-state index contributed by atoms with van der Waals surface area (Å²) >= 11 is 0. The highest BCUT2D eigenvalue weighted by Crippen LogP contribution is 2.13. The SMILES string of the molecule is CCCC/C=C\C/C=C\CCCCCCCC(=O)OCCCCC/C=C\C/C=C\CCCCCCCCCC(=O)NC(CO)C(O)/C=C/CCCCCCCCCCC. The minimum atomic E-state index is -0.855. The maximum atomic E-state index is 12.4. The van der Waals surface area contributed by atoms with Gasteiger partial charge >= 0.3 is 5.97 Å². The van der Waals surface area contributed by atoms with E-state index in [2.05, 4.69) is 67.8 Å². The topological polar surface area (TPSA) is 95.9 Å². The molecule has 0 bridgehead atoms. The Morgan fingerprint density at radius 1 is 0.475 bits per heavy atom. The number of unbranched alkanes of at least 4 members (excludes halogenated alkanes) is 26. The van der Waals surface area contributed by atoms with Gasteiger partial charge in [0.2, 0.25) is 5.91 Å². The van der Waals surface area contributed by atoms with Crippen LogP contribution < -0.4 is 5.32 Å². The Kier molecular flexibility index (Phi) is 46.2. The van der Waals surface area contributed by atoms with Gasteiger partial charge in [-0.05, 0) is 96.3 Å². The lowest BCUT2D eigenvalue weighted by atomic mass is 10.1. The molecule has 0 aliphatic carbocycles. The average Bonchev–Trinajstić information content (AvgIpc) is 3.24. The number of hydrogen-bond acceptors (Lipinski definition) is 5. The summed E-state index contributed by atoms with van der Waals surface area (Å²) in [4.78, 5) is 24.4. The zero-order chi connectivity index (χ0) is 43.0. The Balaban J connectivity index is 3.55. The van der Waals surface area contributed by atoms with Crippen LogP contribution >= 0.6 is 0 Å². The zero-order valence-electron chi connectivity index (χ0n) is 38.7. The lowest BCUT2D eigenvalue weighted by Crippen LogP contribution is -2.45. The normalized spacial score (nSPS) is 13.2. The van der Waals surface area contributed by atoms with Crippen LogP contribution in [0, 0.1) is 0 Å². The summed E-state index contributed by atoms with van der Waals surface area (Å²) in [5.41, 5.74) is 0. The molecule has 1 amide bonds. The highest BCUT2D eigenvalue weighted by Gasteiger charge is 2.18. The number of carbonyl (C=O) groups is 2. The fraction of sp³-hybridized carbons (Fsp3) is 0.774. The third-order valence-corrected chi connectivity index (χ3v) is 11.0. The molecule has 0 rings (SSSR count). The van der Waals surface area contributed by atoms with Gasteiger partial charge < -0.3 is 20.3 Å². The van der Waals surface area contributed by atoms with Gasteiger partial charge in [0.1, 0.15) is 0 Å². The minimum Gasteiger partial charge on any atom is -0.466 e. The van der Waals surface area contributed by atoms with Crippen LogP contribution in [0.25, 0.3) is 0 Å². The van der Waals surface area contributed by atoms with Crippen LogP contribution in [0.1, 0.15) is 239 Å². The van der Waals surface area contributed by atoms with E-state index in [1.54, 1.807) is 6.08 Å². The number of ether oxygens (including phenoxy) is 1. The average molecular weight is 826 g/mol. The van der Waals surface area contributed by atoms with Gasteiger partial charge in [-0.1, -0.05) is 190 Å². The van der Waals surface area contributed by atoms with Crippen molar-refractivity contribution in [2.75, 3.05) is 13.2 Å². The Bertz CT molecular complexity index is 1050. The van der Waals surface area contributed by atoms with Crippen LogP contribution in [0.2, 0.25) is 0 Å². The number of rotatable bonds is 45. The second-order valence-corrected chi connectivity index (χ2v) is 16.8. The number of amides is 1. The monoisotopic (exact) mass is 826 g/mol. The quantitative estimate of drug-likeness (QED) is 0.0323. The lowest BCUT2D eigenvalue weighted by molar-refractivity contribution is -0.143. The summed E-state index contributed by atoms with van der Waals surface area (Å²) in [6, 6.07) is -0.640. The van der Waals surface area contributed by atoms with Crippen LogP contribution in [0.15, 0.2) is 60.8 Å². The smallest absolute Gasteiger partial charge is 0.305 e. The fourth-order valence-electron chi connectivity index (χ4n) is 7.09. The number of hydrogen-bond donors (Lipinski definition) is 3. The number of aliphatic hydroxyl groups is 2. The molecule has 0 aromatic rings. The molecule has 0 saturated heterocycles. The molecule has 2 atom stereocenters. The Hall–Kier alpha value is -2.44. The van der Waals surface area contributed by atoms with Gasteiger partial charge in [0, 0.05) is 12.8 Å². The molecule has 59 heavy (non-hydrogen) atoms. The Morgan fingerprint density at radius 2 is 0.864 bits per heavy atom. The van der Waals surface area contributed by atoms with Gasteiger partial charge in [0.25, 0.3) is 0 Å². The van der Waals surface area contributed by atoms with Crippen LogP contribution in [0.5, 0.6) is 0 Å². The molecule has 0 aliphatic rings. The molecule has 0 saturated carbocycles. The molecule has 0 spiro atoms. The van der Waals surface area contributed by atoms with Crippen molar-refractivity contribution < 1.29 is 24.5 Å². The molecular formula is C53H95NO5. The van der Waals surface area contributed by atoms with Gasteiger partial charge in [-0.3, -0.25) is 9.59 Å². The van der Waals surface area contributed by atoms with E-state index >= 15 is 0 Å². The van der Waals surface area contributed by atoms with Gasteiger partial charge in [0.05, 0.1) is 25.4 Å². The second-order valence-electron chi connectivity index (χ2n) is 16.8. The molecule has 0 fully saturated rings. The second kappa shape index (κ2) is 48.2. The van der Waals surface area contributed by atoms with E-state index in [0.29, 0.717) is 19.4 Å². The Morgan fingerprint density at radius 3 is 1.34 bits per heavy atom. The van der Waals surface area contributed by atoms with Crippen molar-refractivity contribution in [1.82, 2.24) is 5.32 Å². The van der Waals surface area contributed by atoms with Gasteiger partial charge in [-0.25, -0.2) is 0 Å². The first-order valence-corrected chi connectivity index (χ1v) is 25.1. The molecule has 0 aliphatic heterocycles. The van der Waals surface area contributed by atoms with Gasteiger partial charge in [-0.2, -0.15) is 0 Å². The van der Waals surface area contributed by atoms with Gasteiger partial charge in [0.15, 0.2) is 0 Å². The van der Waals surface area contributed by atoms with Crippen molar-refractivity contribution in [1.29, 1.82) is 0 Å². The van der Waals surface area contributed by atoms with Crippen molar-refractivity contribution in [2.45, 2.75) is 251 Å². The van der Waals surface area contributed by atoms with E-state index in [1.807, 2.05) is 6.08 Å². The molecule has 2 unspecified atom stereocenters. The van der Waals surface area contributed by atoms with Crippen LogP contribution in [-0.4, -0.2) is 47.4 Å². The minimum absolute atomic E-state index is 0.0325. The highest BCUT2D eigenvalue weighted by molar-refractivity contribution is 5.76. The lowest BCUT2D eigenvalue weighted by Gasteiger charge is -2.20. The van der Waals surface area contributed by atoms with E-state index in [0.717, 1.165) is 96.3 Å². The first-order valence-electron chi connectivity index (χ1n) is 25.1. The summed E-state index contributed by atoms with van der Waals surface area (Å²) in [5, 5.41) is 22.9. The van der Waals surface area contributed by atoms with E-state index in [9.17, 15) is 19.8 Å². The summed E-state index contributed by atoms with van der Waals surface area (Å²) < 4.78 is 5.43. The zero-order valence-corrected chi connectivity index (χ0v) is 38.7. The van der Waals surface area contributed by atoms with E-state index in [4.69, 9.17) is 4.74 Å². The molecule has 3 N–H and O–H groups in total. The largest absolute Gasteiger partial charge is 0.466 e. The standard InChI is InChI=1S/C53H95NO5/c1-3-5-7-9-11-13-15-16-23-27-31-35-39-43-47-53(58)59-48-44-40-36-32-28-24-21-19-17-18-20-22-26-30-34-38-42-46-52(57)54-50(49-55)51(56)45-41-37-33-29-25-14-12-10-8-6-4-2/h9,11,15-17,19,24,28,41,45,50-51,55-56H,3-8,10,12-14,18,20-23,25-27,29-40,42-44,46-49H2,1-2H3,(H,54,57)/b11-9-,16-15-,19-17-,28-24-,45-41+. The van der Waals surface area contributed by atoms with Crippen LogP contribution in [0.4, 0.5) is 0 Å². The first kappa shape index (κ1) is 56.6. The summed E-state index contributed by atoms with van der Waals surface area (Å²) in [6.07, 6.45) is 60.7. The third kappa shape index (κ3) is 44.9. The summed E-state index contributed by atoms with van der Waals surface area (Å²) in [7, 11) is 0. The van der Waals surface area contributed by atoms with Crippen LogP contribution in [0.3, 0.4) is 0 Å². The molecule has 6 nitrogen and oxygen atoms in total. The Labute approximate surface area is 365 Å². The molecule has 342 valence electrons. The molecule has 0 radical (unpaired) electrons. The van der Waals surface area contributed by atoms with E-state index in [-0.39, 0.29) is 18.5 Å². The number of carbonyl (C=O) groups excluding carboxylic acids is 2. The highest BCUT2D eigenvalue weighted by atomic mass is 16.5. The summed E-state index contributed by atoms with van der Waals surface area (Å²) in [5.74, 6) is -0.121. The maximum absolute atomic E-state index is 12.4. The predicted octanol–water partition coefficient (Wildman–Crippen LogP) is 14.8. The summed E-state index contributed by atoms with van der Waals surface area (Å²) in [6.45, 7) is 4.78. The van der Waals surface area contributed by atoms with Crippen molar-refractivity contribution in [3.8, 4) is 0 Å². The molecular weight excluding hydrogens is 731 g/mol. The number of esters is 1. The first-order chi connectivity index (χ1) is 29.0. The maximum Gasteiger partial charge on any atom is 0.305 e. The van der Waals surface area contributed by atoms with E-state index in [1.165, 1.54) is 116 Å². The number of aliphatic hydroxyl groups excluding tert-OH is 2. The fourth-order valence-corrected chi connectivity index (χ4v) is 7.09. The molecule has 0 aromatic heterocycles. The third-order valence-electron chi connectivity index (χ3n) is 11.0. The molecule has 0 aromatic carbocycles. The molecule has 6 heteroatoms. The van der Waals surface area contributed by atoms with Crippen molar-refractivity contribution in [3.63, 3.8) is 0 Å². The molecule has 0 heterocycles. The van der Waals surface area contributed by atoms with E-state index < -0.39 is 12.1 Å². The van der Waals surface area contributed by atoms with Gasteiger partial charge in [-0.15, -0.1) is 0 Å². The van der Waals surface area contributed by atoms with Crippen molar-refractivity contribution in [3.05, 3.63) is 60.8 Å². The van der Waals surface area contributed by atoms with Crippen LogP contribution in [-0.2, 0) is 14.3 Å². The van der Waals surface area contributed by atoms with Crippen molar-refractivity contribution in [2.24, 2.45) is 0 Å². The predicted molar refractivity (Wildman–Crippen MR) is 255 cm³/mol. The number of allylic oxidation sites excluding steroid dienone is 9.